The first-order chi connectivity index (χ1) is 37.2. The molecule has 6 heteroatoms. The molecule has 15 aromatic rings. The third-order valence-electron chi connectivity index (χ3n) is 14.9. The molecule has 0 saturated carbocycles. The third kappa shape index (κ3) is 6.92. The molecule has 4 heterocycles. The fraction of sp³-hybridized carbons (Fsp3) is 0. The predicted octanol–water partition coefficient (Wildman–Crippen LogP) is 17.5. The fourth-order valence-electron chi connectivity index (χ4n) is 11.5. The van der Waals surface area contributed by atoms with Gasteiger partial charge in [-0.1, -0.05) is 194 Å². The van der Waals surface area contributed by atoms with E-state index < -0.39 is 0 Å². The number of para-hydroxylation sites is 6. The molecule has 0 amide bonds. The molecule has 75 heavy (non-hydrogen) atoms. The highest BCUT2D eigenvalue weighted by molar-refractivity contribution is 6.12. The lowest BCUT2D eigenvalue weighted by Gasteiger charge is -2.17. The number of benzene rings is 11. The van der Waals surface area contributed by atoms with E-state index in [9.17, 15) is 0 Å². The SMILES string of the molecule is c1ccc(-c2cc(-c3nc(-c4cccc(-n5c6ccccc6c6ccccc65)c4)nc(-c4ccc(-c5ccccc5)c(-n5c6ccccc6c6ccccc65)c4)n3)ccc2-n2c3ccccc3c3ccccc32)cc1. The molecule has 6 nitrogen and oxygen atoms in total. The van der Waals surface area contributed by atoms with Crippen LogP contribution in [0.1, 0.15) is 0 Å². The summed E-state index contributed by atoms with van der Waals surface area (Å²) >= 11 is 0. The minimum absolute atomic E-state index is 0.576. The molecular weight excluding hydrogens is 913 g/mol. The van der Waals surface area contributed by atoms with Crippen molar-refractivity contribution in [2.24, 2.45) is 0 Å². The monoisotopic (exact) mass is 956 g/mol. The van der Waals surface area contributed by atoms with Crippen molar-refractivity contribution in [1.82, 2.24) is 28.7 Å². The average molecular weight is 957 g/mol. The molecular formula is C69H44N6. The zero-order chi connectivity index (χ0) is 49.4. The van der Waals surface area contributed by atoms with Crippen molar-refractivity contribution in [3.05, 3.63) is 267 Å². The Hall–Kier alpha value is -10.2. The summed E-state index contributed by atoms with van der Waals surface area (Å²) in [6, 6.07) is 95.2. The minimum atomic E-state index is 0.576. The lowest BCUT2D eigenvalue weighted by atomic mass is 9.99. The van der Waals surface area contributed by atoms with Gasteiger partial charge >= 0.3 is 0 Å². The number of aromatic nitrogens is 6. The summed E-state index contributed by atoms with van der Waals surface area (Å²) in [6.45, 7) is 0. The van der Waals surface area contributed by atoms with E-state index in [0.717, 1.165) is 89.1 Å². The van der Waals surface area contributed by atoms with Gasteiger partial charge in [0.25, 0.3) is 0 Å². The van der Waals surface area contributed by atoms with Gasteiger partial charge in [-0.05, 0) is 83.9 Å². The Morgan fingerprint density at radius 1 is 0.213 bits per heavy atom. The molecule has 4 aromatic heterocycles. The molecule has 0 spiro atoms. The quantitative estimate of drug-likeness (QED) is 0.152. The third-order valence-corrected chi connectivity index (χ3v) is 14.9. The Morgan fingerprint density at radius 3 is 1.03 bits per heavy atom. The van der Waals surface area contributed by atoms with Crippen LogP contribution in [0.15, 0.2) is 267 Å². The first-order valence-electron chi connectivity index (χ1n) is 25.4. The largest absolute Gasteiger partial charge is 0.309 e. The first-order valence-corrected chi connectivity index (χ1v) is 25.4. The fourth-order valence-corrected chi connectivity index (χ4v) is 11.5. The van der Waals surface area contributed by atoms with E-state index in [1.807, 2.05) is 0 Å². The Labute approximate surface area is 432 Å². The van der Waals surface area contributed by atoms with E-state index in [2.05, 4.69) is 281 Å². The summed E-state index contributed by atoms with van der Waals surface area (Å²) in [5, 5.41) is 7.24. The van der Waals surface area contributed by atoms with Gasteiger partial charge in [-0.15, -0.1) is 0 Å². The predicted molar refractivity (Wildman–Crippen MR) is 310 cm³/mol. The molecule has 0 aliphatic rings. The van der Waals surface area contributed by atoms with E-state index in [0.29, 0.717) is 17.5 Å². The molecule has 11 aromatic carbocycles. The van der Waals surface area contributed by atoms with Crippen LogP contribution in [0, 0.1) is 0 Å². The van der Waals surface area contributed by atoms with Gasteiger partial charge < -0.3 is 13.7 Å². The van der Waals surface area contributed by atoms with Crippen LogP contribution in [0.25, 0.3) is 139 Å². The van der Waals surface area contributed by atoms with Crippen molar-refractivity contribution >= 4 is 65.4 Å². The van der Waals surface area contributed by atoms with Crippen molar-refractivity contribution in [1.29, 1.82) is 0 Å². The van der Waals surface area contributed by atoms with Gasteiger partial charge in [-0.3, -0.25) is 0 Å². The van der Waals surface area contributed by atoms with E-state index in [1.54, 1.807) is 0 Å². The Bertz CT molecular complexity index is 4560. The Balaban J connectivity index is 0.978. The van der Waals surface area contributed by atoms with Crippen LogP contribution in [0.4, 0.5) is 0 Å². The zero-order valence-corrected chi connectivity index (χ0v) is 40.6. The zero-order valence-electron chi connectivity index (χ0n) is 40.6. The number of hydrogen-bond donors (Lipinski definition) is 0. The molecule has 0 atom stereocenters. The molecule has 350 valence electrons. The van der Waals surface area contributed by atoms with Gasteiger partial charge in [-0.2, -0.15) is 0 Å². The molecule has 0 fully saturated rings. The maximum atomic E-state index is 5.49. The van der Waals surface area contributed by atoms with Crippen LogP contribution in [-0.2, 0) is 0 Å². The summed E-state index contributed by atoms with van der Waals surface area (Å²) in [5.41, 5.74) is 17.0. The highest BCUT2D eigenvalue weighted by Gasteiger charge is 2.22. The van der Waals surface area contributed by atoms with Crippen molar-refractivity contribution in [2.45, 2.75) is 0 Å². The number of hydrogen-bond acceptors (Lipinski definition) is 3. The molecule has 0 bridgehead atoms. The minimum Gasteiger partial charge on any atom is -0.309 e. The molecule has 0 aliphatic heterocycles. The van der Waals surface area contributed by atoms with Gasteiger partial charge in [-0.25, -0.2) is 15.0 Å². The smallest absolute Gasteiger partial charge is 0.164 e. The maximum absolute atomic E-state index is 5.49. The molecule has 0 N–H and O–H groups in total. The highest BCUT2D eigenvalue weighted by Crippen LogP contribution is 2.41. The second kappa shape index (κ2) is 17.3. The maximum Gasteiger partial charge on any atom is 0.164 e. The van der Waals surface area contributed by atoms with Crippen molar-refractivity contribution < 1.29 is 0 Å². The summed E-state index contributed by atoms with van der Waals surface area (Å²) in [6.07, 6.45) is 0. The van der Waals surface area contributed by atoms with E-state index in [4.69, 9.17) is 15.0 Å². The van der Waals surface area contributed by atoms with Crippen molar-refractivity contribution in [3.63, 3.8) is 0 Å². The topological polar surface area (TPSA) is 53.5 Å². The van der Waals surface area contributed by atoms with Gasteiger partial charge in [0.2, 0.25) is 0 Å². The van der Waals surface area contributed by atoms with Crippen LogP contribution in [0.5, 0.6) is 0 Å². The van der Waals surface area contributed by atoms with Crippen LogP contribution in [0.3, 0.4) is 0 Å². The molecule has 0 unspecified atom stereocenters. The van der Waals surface area contributed by atoms with E-state index in [-0.39, 0.29) is 0 Å². The van der Waals surface area contributed by atoms with Gasteiger partial charge in [0.15, 0.2) is 17.5 Å². The Morgan fingerprint density at radius 2 is 0.560 bits per heavy atom. The molecule has 15 rings (SSSR count). The number of nitrogens with zero attached hydrogens (tertiary/aromatic N) is 6. The standard InChI is InChI=1S/C69H44N6/c1-3-20-45(21-4-1)51-40-38-49(44-66(51)75-63-36-17-11-30-56(63)57-31-12-18-37-64(57)75)69-71-67(47-24-19-25-50(42-47)73-59-32-13-7-26-52(59)53-27-8-14-33-60(53)73)70-68(72-69)48-39-41-65(58(43-48)46-22-5-2-6-23-46)74-61-34-15-9-28-54(61)55-29-10-16-35-62(55)74/h1-44H. The second-order valence-corrected chi connectivity index (χ2v) is 19.2. The second-order valence-electron chi connectivity index (χ2n) is 19.2. The van der Waals surface area contributed by atoms with Crippen molar-refractivity contribution in [3.8, 4) is 73.5 Å². The summed E-state index contributed by atoms with van der Waals surface area (Å²) < 4.78 is 7.14. The lowest BCUT2D eigenvalue weighted by Crippen LogP contribution is -2.03. The van der Waals surface area contributed by atoms with Crippen LogP contribution < -0.4 is 0 Å². The van der Waals surface area contributed by atoms with Crippen LogP contribution in [0.2, 0.25) is 0 Å². The average Bonchev–Trinajstić information content (AvgIpc) is 4.15. The van der Waals surface area contributed by atoms with Gasteiger partial charge in [0, 0.05) is 65.8 Å². The molecule has 0 aliphatic carbocycles. The molecule has 0 saturated heterocycles. The first kappa shape index (κ1) is 42.5. The summed E-state index contributed by atoms with van der Waals surface area (Å²) in [4.78, 5) is 16.4. The lowest BCUT2D eigenvalue weighted by molar-refractivity contribution is 1.07. The normalized spacial score (nSPS) is 11.7. The molecule has 0 radical (unpaired) electrons. The van der Waals surface area contributed by atoms with Crippen LogP contribution in [-0.4, -0.2) is 28.7 Å². The Kier molecular flexibility index (Phi) is 9.78. The number of rotatable bonds is 8. The van der Waals surface area contributed by atoms with Crippen LogP contribution >= 0.6 is 0 Å². The van der Waals surface area contributed by atoms with Crippen molar-refractivity contribution in [2.75, 3.05) is 0 Å². The van der Waals surface area contributed by atoms with E-state index in [1.165, 1.54) is 32.3 Å². The number of fused-ring (bicyclic) bond motifs is 9. The van der Waals surface area contributed by atoms with Gasteiger partial charge in [0.1, 0.15) is 0 Å². The van der Waals surface area contributed by atoms with Gasteiger partial charge in [0.05, 0.1) is 44.5 Å². The summed E-state index contributed by atoms with van der Waals surface area (Å²) in [5.74, 6) is 1.73. The highest BCUT2D eigenvalue weighted by atomic mass is 15.0. The van der Waals surface area contributed by atoms with E-state index >= 15 is 0 Å². The summed E-state index contributed by atoms with van der Waals surface area (Å²) in [7, 11) is 0.